The first kappa shape index (κ1) is 23.8. The normalized spacial score (nSPS) is 16.7. The molecule has 2 aromatic rings. The molecule has 0 spiro atoms. The molecule has 1 amide bonds. The zero-order chi connectivity index (χ0) is 18.2. The van der Waals surface area contributed by atoms with E-state index in [-0.39, 0.29) is 24.8 Å². The van der Waals surface area contributed by atoms with Crippen molar-refractivity contribution in [2.75, 3.05) is 18.4 Å². The predicted octanol–water partition coefficient (Wildman–Crippen LogP) is 2.92. The molecule has 3 rings (SSSR count). The first-order chi connectivity index (χ1) is 12.7. The van der Waals surface area contributed by atoms with Gasteiger partial charge in [-0.2, -0.15) is 0 Å². The summed E-state index contributed by atoms with van der Waals surface area (Å²) < 4.78 is 0. The van der Waals surface area contributed by atoms with Crippen molar-refractivity contribution >= 4 is 42.6 Å². The molecule has 1 aliphatic heterocycles. The van der Waals surface area contributed by atoms with Crippen LogP contribution in [0, 0.1) is 0 Å². The lowest BCUT2D eigenvalue weighted by Crippen LogP contribution is -2.41. The second kappa shape index (κ2) is 12.3. The van der Waals surface area contributed by atoms with Gasteiger partial charge in [-0.3, -0.25) is 19.9 Å². The van der Waals surface area contributed by atoms with Gasteiger partial charge in [-0.25, -0.2) is 10.5 Å². The Balaban J connectivity index is 0.00000196. The lowest BCUT2D eigenvalue weighted by atomic mass is 10.0. The summed E-state index contributed by atoms with van der Waals surface area (Å²) in [7, 11) is 0. The molecule has 1 fully saturated rings. The average Bonchev–Trinajstić information content (AvgIpc) is 2.68. The van der Waals surface area contributed by atoms with E-state index >= 15 is 0 Å². The number of nitrogens with zero attached hydrogens (tertiary/aromatic N) is 3. The number of hydrogen-bond donors (Lipinski definition) is 3. The van der Waals surface area contributed by atoms with Crippen LogP contribution >= 0.6 is 24.8 Å². The van der Waals surface area contributed by atoms with Crippen LogP contribution in [0.1, 0.15) is 24.1 Å². The molecule has 0 bridgehead atoms. The number of benzene rings is 1. The fourth-order valence-electron chi connectivity index (χ4n) is 3.06. The van der Waals surface area contributed by atoms with Gasteiger partial charge in [-0.1, -0.05) is 30.3 Å². The number of piperidine rings is 1. The van der Waals surface area contributed by atoms with Crippen molar-refractivity contribution in [1.82, 2.24) is 20.3 Å². The summed E-state index contributed by atoms with van der Waals surface area (Å²) in [6.45, 7) is 3.03. The summed E-state index contributed by atoms with van der Waals surface area (Å²) in [6, 6.07) is 10.8. The van der Waals surface area contributed by atoms with E-state index < -0.39 is 5.91 Å². The van der Waals surface area contributed by atoms with Gasteiger partial charge in [0.25, 0.3) is 5.91 Å². The van der Waals surface area contributed by atoms with E-state index in [1.54, 1.807) is 12.4 Å². The van der Waals surface area contributed by atoms with Crippen molar-refractivity contribution in [2.45, 2.75) is 25.4 Å². The third-order valence-corrected chi connectivity index (χ3v) is 4.29. The van der Waals surface area contributed by atoms with Crippen molar-refractivity contribution in [3.05, 3.63) is 60.1 Å². The van der Waals surface area contributed by atoms with Crippen LogP contribution in [-0.2, 0) is 11.3 Å². The SMILES string of the molecule is Cl.Cl.O=C(C=Cc1cnc(N[C@@H]2CCCN(Cc3ccccc3)C2)cn1)NO. The fourth-order valence-corrected chi connectivity index (χ4v) is 3.06. The molecule has 0 saturated carbocycles. The molecule has 7 nitrogen and oxygen atoms in total. The van der Waals surface area contributed by atoms with Crippen LogP contribution < -0.4 is 10.8 Å². The van der Waals surface area contributed by atoms with Gasteiger partial charge in [0.1, 0.15) is 5.82 Å². The smallest absolute Gasteiger partial charge is 0.267 e. The van der Waals surface area contributed by atoms with Gasteiger partial charge >= 0.3 is 0 Å². The third kappa shape index (κ3) is 7.44. The molecule has 1 saturated heterocycles. The van der Waals surface area contributed by atoms with Crippen molar-refractivity contribution in [2.24, 2.45) is 0 Å². The molecule has 3 N–H and O–H groups in total. The fraction of sp³-hybridized carbons (Fsp3) is 0.316. The van der Waals surface area contributed by atoms with Crippen LogP contribution in [0.5, 0.6) is 0 Å². The molecular formula is C19H25Cl2N5O2. The summed E-state index contributed by atoms with van der Waals surface area (Å²) >= 11 is 0. The van der Waals surface area contributed by atoms with Crippen LogP contribution in [0.3, 0.4) is 0 Å². The van der Waals surface area contributed by atoms with Crippen molar-refractivity contribution < 1.29 is 10.0 Å². The van der Waals surface area contributed by atoms with E-state index in [9.17, 15) is 4.79 Å². The van der Waals surface area contributed by atoms with E-state index in [2.05, 4.69) is 44.5 Å². The second-order valence-corrected chi connectivity index (χ2v) is 6.34. The van der Waals surface area contributed by atoms with Crippen molar-refractivity contribution in [3.63, 3.8) is 0 Å². The minimum absolute atomic E-state index is 0. The van der Waals surface area contributed by atoms with Crippen molar-refractivity contribution in [1.29, 1.82) is 0 Å². The molecular weight excluding hydrogens is 401 g/mol. The van der Waals surface area contributed by atoms with Gasteiger partial charge in [0.05, 0.1) is 18.1 Å². The monoisotopic (exact) mass is 425 g/mol. The van der Waals surface area contributed by atoms with Gasteiger partial charge in [0.15, 0.2) is 0 Å². The maximum Gasteiger partial charge on any atom is 0.267 e. The minimum Gasteiger partial charge on any atom is -0.365 e. The number of aromatic nitrogens is 2. The lowest BCUT2D eigenvalue weighted by molar-refractivity contribution is -0.124. The number of carbonyl (C=O) groups excluding carboxylic acids is 1. The highest BCUT2D eigenvalue weighted by atomic mass is 35.5. The predicted molar refractivity (Wildman–Crippen MR) is 114 cm³/mol. The Morgan fingerprint density at radius 1 is 1.21 bits per heavy atom. The number of amides is 1. The van der Waals surface area contributed by atoms with Gasteiger partial charge in [0, 0.05) is 25.2 Å². The highest BCUT2D eigenvalue weighted by Gasteiger charge is 2.20. The Labute approximate surface area is 177 Å². The highest BCUT2D eigenvalue weighted by Crippen LogP contribution is 2.16. The molecule has 0 aliphatic carbocycles. The van der Waals surface area contributed by atoms with Crippen molar-refractivity contribution in [3.8, 4) is 0 Å². The number of hydrogen-bond acceptors (Lipinski definition) is 6. The Morgan fingerprint density at radius 2 is 2.00 bits per heavy atom. The Kier molecular flexibility index (Phi) is 10.5. The summed E-state index contributed by atoms with van der Waals surface area (Å²) in [5.41, 5.74) is 3.41. The summed E-state index contributed by atoms with van der Waals surface area (Å²) in [5, 5.41) is 11.9. The first-order valence-electron chi connectivity index (χ1n) is 8.70. The van der Waals surface area contributed by atoms with Crippen LogP contribution in [0.4, 0.5) is 5.82 Å². The number of likely N-dealkylation sites (tertiary alicyclic amines) is 1. The molecule has 28 heavy (non-hydrogen) atoms. The van der Waals surface area contributed by atoms with Gasteiger partial charge in [0.2, 0.25) is 0 Å². The number of anilines is 1. The number of carbonyl (C=O) groups is 1. The Hall–Kier alpha value is -2.19. The van der Waals surface area contributed by atoms with Gasteiger partial charge in [-0.15, -0.1) is 24.8 Å². The highest BCUT2D eigenvalue weighted by molar-refractivity contribution is 5.90. The van der Waals surface area contributed by atoms with Crippen LogP contribution in [0.25, 0.3) is 6.08 Å². The number of nitrogens with one attached hydrogen (secondary N) is 2. The van der Waals surface area contributed by atoms with E-state index in [4.69, 9.17) is 5.21 Å². The topological polar surface area (TPSA) is 90.4 Å². The maximum atomic E-state index is 11.0. The summed E-state index contributed by atoms with van der Waals surface area (Å²) in [4.78, 5) is 22.0. The zero-order valence-electron chi connectivity index (χ0n) is 15.3. The largest absolute Gasteiger partial charge is 0.365 e. The minimum atomic E-state index is -0.602. The Bertz CT molecular complexity index is 744. The molecule has 1 aliphatic rings. The van der Waals surface area contributed by atoms with E-state index in [1.165, 1.54) is 23.2 Å². The average molecular weight is 426 g/mol. The van der Waals surface area contributed by atoms with E-state index in [1.807, 2.05) is 6.07 Å². The number of hydroxylamine groups is 1. The molecule has 1 atom stereocenters. The molecule has 1 aromatic carbocycles. The molecule has 2 heterocycles. The van der Waals surface area contributed by atoms with Crippen LogP contribution in [0.15, 0.2) is 48.8 Å². The summed E-state index contributed by atoms with van der Waals surface area (Å²) in [5.74, 6) is 0.120. The molecule has 0 radical (unpaired) electrons. The number of rotatable bonds is 6. The second-order valence-electron chi connectivity index (χ2n) is 6.34. The van der Waals surface area contributed by atoms with E-state index in [0.717, 1.165) is 38.3 Å². The molecule has 0 unspecified atom stereocenters. The lowest BCUT2D eigenvalue weighted by Gasteiger charge is -2.33. The molecule has 152 valence electrons. The van der Waals surface area contributed by atoms with Gasteiger partial charge < -0.3 is 5.32 Å². The van der Waals surface area contributed by atoms with E-state index in [0.29, 0.717) is 11.7 Å². The summed E-state index contributed by atoms with van der Waals surface area (Å²) in [6.07, 6.45) is 8.19. The molecule has 1 aromatic heterocycles. The zero-order valence-corrected chi connectivity index (χ0v) is 17.0. The van der Waals surface area contributed by atoms with Gasteiger partial charge in [-0.05, 0) is 31.0 Å². The third-order valence-electron chi connectivity index (χ3n) is 4.29. The van der Waals surface area contributed by atoms with Crippen LogP contribution in [0.2, 0.25) is 0 Å². The standard InChI is InChI=1S/C19H23N5O2.2ClH/c25-19(23-26)9-8-16-11-21-18(12-20-16)22-17-7-4-10-24(14-17)13-15-5-2-1-3-6-15;;/h1-3,5-6,8-9,11-12,17,26H,4,7,10,13-14H2,(H,21,22)(H,23,25);2*1H/t17-;;/m1../s1. The molecule has 9 heteroatoms. The first-order valence-corrected chi connectivity index (χ1v) is 8.70. The quantitative estimate of drug-likeness (QED) is 0.374. The maximum absolute atomic E-state index is 11.0. The van der Waals surface area contributed by atoms with Crippen LogP contribution in [-0.4, -0.2) is 45.1 Å². The number of halogens is 2. The Morgan fingerprint density at radius 3 is 2.68 bits per heavy atom.